The van der Waals surface area contributed by atoms with Gasteiger partial charge in [0.1, 0.15) is 0 Å². The summed E-state index contributed by atoms with van der Waals surface area (Å²) in [6.07, 6.45) is 3.08. The van der Waals surface area contributed by atoms with Crippen molar-refractivity contribution in [1.29, 1.82) is 0 Å². The van der Waals surface area contributed by atoms with Crippen LogP contribution >= 0.6 is 11.3 Å². The van der Waals surface area contributed by atoms with E-state index in [-0.39, 0.29) is 18.4 Å². The highest BCUT2D eigenvalue weighted by molar-refractivity contribution is 7.09. The van der Waals surface area contributed by atoms with E-state index in [1.54, 1.807) is 24.3 Å². The lowest BCUT2D eigenvalue weighted by molar-refractivity contribution is -0.137. The number of anilines is 1. The molecule has 24 heavy (non-hydrogen) atoms. The van der Waals surface area contributed by atoms with Gasteiger partial charge in [-0.05, 0) is 42.1 Å². The fourth-order valence-corrected chi connectivity index (χ4v) is 2.55. The summed E-state index contributed by atoms with van der Waals surface area (Å²) in [5, 5.41) is 7.90. The minimum atomic E-state index is -0.359. The molecule has 1 aromatic heterocycles. The minimum Gasteiger partial charge on any atom is -0.463 e. The highest BCUT2D eigenvalue weighted by Crippen LogP contribution is 2.11. The van der Waals surface area contributed by atoms with Crippen LogP contribution in [0.5, 0.6) is 0 Å². The molecule has 0 aliphatic rings. The van der Waals surface area contributed by atoms with E-state index in [4.69, 9.17) is 4.74 Å². The van der Waals surface area contributed by atoms with Gasteiger partial charge in [0.05, 0.1) is 19.7 Å². The number of hydrogen-bond donors (Lipinski definition) is 2. The Labute approximate surface area is 145 Å². The molecule has 0 bridgehead atoms. The van der Waals surface area contributed by atoms with Crippen LogP contribution in [0.1, 0.15) is 17.4 Å². The summed E-state index contributed by atoms with van der Waals surface area (Å²) in [6.45, 7) is 2.89. The van der Waals surface area contributed by atoms with Crippen molar-refractivity contribution in [2.45, 2.75) is 13.5 Å². The van der Waals surface area contributed by atoms with Crippen molar-refractivity contribution in [3.8, 4) is 0 Å². The number of ether oxygens (including phenoxy) is 1. The molecule has 126 valence electrons. The molecule has 0 aliphatic heterocycles. The highest BCUT2D eigenvalue weighted by atomic mass is 32.1. The summed E-state index contributed by atoms with van der Waals surface area (Å²) in [6, 6.07) is 11.4. The van der Waals surface area contributed by atoms with Crippen LogP contribution < -0.4 is 10.6 Å². The van der Waals surface area contributed by atoms with E-state index in [0.717, 1.165) is 16.1 Å². The first kappa shape index (κ1) is 17.7. The van der Waals surface area contributed by atoms with Gasteiger partial charge in [0.25, 0.3) is 0 Å². The van der Waals surface area contributed by atoms with E-state index in [0.29, 0.717) is 13.2 Å². The fourth-order valence-electron chi connectivity index (χ4n) is 1.91. The summed E-state index contributed by atoms with van der Waals surface area (Å²) in [5.41, 5.74) is 1.73. The van der Waals surface area contributed by atoms with Crippen LogP contribution in [-0.2, 0) is 20.9 Å². The Morgan fingerprint density at radius 1 is 1.21 bits per heavy atom. The predicted octanol–water partition coefficient (Wildman–Crippen LogP) is 3.05. The standard InChI is InChI=1S/C18H20N2O3S/c1-2-23-18(22)10-7-14-5-8-15(9-6-14)19-13-17(21)20-12-16-4-3-11-24-16/h3-11,19H,2,12-13H2,1H3,(H,20,21)/b10-7+. The van der Waals surface area contributed by atoms with Crippen LogP contribution in [0.3, 0.4) is 0 Å². The first-order chi connectivity index (χ1) is 11.7. The Balaban J connectivity index is 1.75. The number of amides is 1. The van der Waals surface area contributed by atoms with Gasteiger partial charge in [0, 0.05) is 16.6 Å². The molecule has 2 rings (SSSR count). The molecule has 2 aromatic rings. The number of thiophene rings is 1. The monoisotopic (exact) mass is 344 g/mol. The Kier molecular flexibility index (Phi) is 7.04. The molecule has 6 heteroatoms. The Bertz CT molecular complexity index is 679. The van der Waals surface area contributed by atoms with Gasteiger partial charge >= 0.3 is 5.97 Å². The van der Waals surface area contributed by atoms with Crippen LogP contribution in [0.15, 0.2) is 47.9 Å². The van der Waals surface area contributed by atoms with Gasteiger partial charge in [-0.3, -0.25) is 4.79 Å². The predicted molar refractivity (Wildman–Crippen MR) is 96.8 cm³/mol. The number of carbonyl (C=O) groups excluding carboxylic acids is 2. The van der Waals surface area contributed by atoms with E-state index < -0.39 is 0 Å². The highest BCUT2D eigenvalue weighted by Gasteiger charge is 2.02. The van der Waals surface area contributed by atoms with Crippen molar-refractivity contribution in [2.75, 3.05) is 18.5 Å². The van der Waals surface area contributed by atoms with Gasteiger partial charge in [-0.2, -0.15) is 0 Å². The topological polar surface area (TPSA) is 67.4 Å². The average molecular weight is 344 g/mol. The average Bonchev–Trinajstić information content (AvgIpc) is 3.11. The molecule has 5 nitrogen and oxygen atoms in total. The second-order valence-electron chi connectivity index (χ2n) is 4.92. The molecule has 0 aliphatic carbocycles. The third-order valence-corrected chi connectivity index (χ3v) is 3.98. The van der Waals surface area contributed by atoms with E-state index >= 15 is 0 Å². The fraction of sp³-hybridized carbons (Fsp3) is 0.222. The molecule has 1 amide bonds. The molecule has 0 spiro atoms. The molecule has 0 fully saturated rings. The molecule has 0 saturated heterocycles. The molecule has 0 atom stereocenters. The first-order valence-corrected chi connectivity index (χ1v) is 8.53. The third-order valence-electron chi connectivity index (χ3n) is 3.10. The molecule has 0 unspecified atom stereocenters. The van der Waals surface area contributed by atoms with Gasteiger partial charge in [-0.1, -0.05) is 18.2 Å². The summed E-state index contributed by atoms with van der Waals surface area (Å²) in [7, 11) is 0. The van der Waals surface area contributed by atoms with Crippen molar-refractivity contribution >= 4 is 35.0 Å². The van der Waals surface area contributed by atoms with E-state index in [1.807, 2.05) is 41.8 Å². The summed E-state index contributed by atoms with van der Waals surface area (Å²) < 4.78 is 4.82. The Morgan fingerprint density at radius 3 is 2.67 bits per heavy atom. The lowest BCUT2D eigenvalue weighted by Crippen LogP contribution is -2.29. The SMILES string of the molecule is CCOC(=O)/C=C/c1ccc(NCC(=O)NCc2cccs2)cc1. The number of esters is 1. The van der Waals surface area contributed by atoms with Crippen molar-refractivity contribution in [1.82, 2.24) is 5.32 Å². The first-order valence-electron chi connectivity index (χ1n) is 7.65. The molecule has 1 aromatic carbocycles. The summed E-state index contributed by atoms with van der Waals surface area (Å²) in [4.78, 5) is 24.2. The quantitative estimate of drug-likeness (QED) is 0.570. The van der Waals surface area contributed by atoms with E-state index in [1.165, 1.54) is 6.08 Å². The van der Waals surface area contributed by atoms with Gasteiger partial charge in [0.15, 0.2) is 0 Å². The zero-order chi connectivity index (χ0) is 17.2. The van der Waals surface area contributed by atoms with Crippen LogP contribution in [0.2, 0.25) is 0 Å². The summed E-state index contributed by atoms with van der Waals surface area (Å²) >= 11 is 1.62. The van der Waals surface area contributed by atoms with Crippen LogP contribution in [0.25, 0.3) is 6.08 Å². The summed E-state index contributed by atoms with van der Waals surface area (Å²) in [5.74, 6) is -0.420. The molecule has 0 radical (unpaired) electrons. The number of nitrogens with one attached hydrogen (secondary N) is 2. The second-order valence-corrected chi connectivity index (χ2v) is 5.95. The van der Waals surface area contributed by atoms with Crippen molar-refractivity contribution in [3.63, 3.8) is 0 Å². The van der Waals surface area contributed by atoms with Crippen LogP contribution in [-0.4, -0.2) is 25.0 Å². The molecular formula is C18H20N2O3S. The zero-order valence-corrected chi connectivity index (χ0v) is 14.3. The second kappa shape index (κ2) is 9.52. The normalized spacial score (nSPS) is 10.5. The number of hydrogen-bond acceptors (Lipinski definition) is 5. The molecular weight excluding hydrogens is 324 g/mol. The maximum Gasteiger partial charge on any atom is 0.330 e. The number of rotatable bonds is 8. The lowest BCUT2D eigenvalue weighted by atomic mass is 10.2. The van der Waals surface area contributed by atoms with Crippen LogP contribution in [0, 0.1) is 0 Å². The smallest absolute Gasteiger partial charge is 0.330 e. The number of carbonyl (C=O) groups is 2. The van der Waals surface area contributed by atoms with Gasteiger partial charge < -0.3 is 15.4 Å². The van der Waals surface area contributed by atoms with Gasteiger partial charge in [-0.25, -0.2) is 4.79 Å². The largest absolute Gasteiger partial charge is 0.463 e. The Morgan fingerprint density at radius 2 is 2.00 bits per heavy atom. The maximum atomic E-state index is 11.8. The van der Waals surface area contributed by atoms with E-state index in [9.17, 15) is 9.59 Å². The van der Waals surface area contributed by atoms with Crippen molar-refractivity contribution in [3.05, 3.63) is 58.3 Å². The third kappa shape index (κ3) is 6.26. The van der Waals surface area contributed by atoms with Gasteiger partial charge in [-0.15, -0.1) is 11.3 Å². The zero-order valence-electron chi connectivity index (χ0n) is 13.5. The minimum absolute atomic E-state index is 0.0605. The van der Waals surface area contributed by atoms with Crippen molar-refractivity contribution in [2.24, 2.45) is 0 Å². The van der Waals surface area contributed by atoms with Crippen molar-refractivity contribution < 1.29 is 14.3 Å². The number of benzene rings is 1. The lowest BCUT2D eigenvalue weighted by Gasteiger charge is -2.07. The Hall–Kier alpha value is -2.60. The molecule has 0 saturated carbocycles. The molecule has 2 N–H and O–H groups in total. The van der Waals surface area contributed by atoms with Crippen LogP contribution in [0.4, 0.5) is 5.69 Å². The van der Waals surface area contributed by atoms with Gasteiger partial charge in [0.2, 0.25) is 5.91 Å². The van der Waals surface area contributed by atoms with E-state index in [2.05, 4.69) is 10.6 Å². The molecule has 1 heterocycles. The maximum absolute atomic E-state index is 11.8.